The van der Waals surface area contributed by atoms with E-state index in [2.05, 4.69) is 16.3 Å². The molecule has 0 unspecified atom stereocenters. The number of nitrogens with one attached hydrogen (secondary N) is 1. The van der Waals surface area contributed by atoms with Gasteiger partial charge in [0, 0.05) is 17.1 Å². The zero-order chi connectivity index (χ0) is 13.8. The van der Waals surface area contributed by atoms with Crippen LogP contribution in [0.25, 0.3) is 0 Å². The molecule has 100 valence electrons. The Morgan fingerprint density at radius 3 is 2.68 bits per heavy atom. The molecule has 1 N–H and O–H groups in total. The van der Waals surface area contributed by atoms with Crippen LogP contribution in [0.3, 0.4) is 0 Å². The van der Waals surface area contributed by atoms with E-state index >= 15 is 0 Å². The number of carbonyl (C=O) groups excluding carboxylic acids is 1. The smallest absolute Gasteiger partial charge is 0.265 e. The Kier molecular flexibility index (Phi) is 4.35. The van der Waals surface area contributed by atoms with Gasteiger partial charge in [0.2, 0.25) is 0 Å². The van der Waals surface area contributed by atoms with Crippen molar-refractivity contribution in [1.82, 2.24) is 4.90 Å². The molecule has 0 saturated carbocycles. The first-order valence-corrected chi connectivity index (χ1v) is 6.98. The summed E-state index contributed by atoms with van der Waals surface area (Å²) in [6, 6.07) is 11.8. The minimum Gasteiger partial charge on any atom is -0.321 e. The molecule has 0 spiro atoms. The number of rotatable bonds is 4. The fraction of sp³-hybridized carbons (Fsp3) is 0.267. The fourth-order valence-corrected chi connectivity index (χ4v) is 2.62. The quantitative estimate of drug-likeness (QED) is 0.927. The summed E-state index contributed by atoms with van der Waals surface area (Å²) < 4.78 is 0. The molecule has 3 nitrogen and oxygen atoms in total. The summed E-state index contributed by atoms with van der Waals surface area (Å²) in [5.74, 6) is -0.0416. The molecule has 0 aliphatic heterocycles. The third-order valence-electron chi connectivity index (χ3n) is 2.65. The molecule has 0 atom stereocenters. The van der Waals surface area contributed by atoms with E-state index in [1.54, 1.807) is 0 Å². The minimum absolute atomic E-state index is 0.0416. The van der Waals surface area contributed by atoms with Crippen molar-refractivity contribution in [2.45, 2.75) is 13.5 Å². The second-order valence-electron chi connectivity index (χ2n) is 4.80. The van der Waals surface area contributed by atoms with E-state index in [1.807, 2.05) is 51.4 Å². The Balaban J connectivity index is 2.08. The number of hydrogen-bond donors (Lipinski definition) is 1. The maximum atomic E-state index is 12.0. The average molecular weight is 274 g/mol. The summed E-state index contributed by atoms with van der Waals surface area (Å²) in [5.41, 5.74) is 2.03. The largest absolute Gasteiger partial charge is 0.321 e. The van der Waals surface area contributed by atoms with Crippen molar-refractivity contribution < 1.29 is 4.79 Å². The van der Waals surface area contributed by atoms with Crippen molar-refractivity contribution in [3.05, 3.63) is 51.7 Å². The third kappa shape index (κ3) is 3.91. The lowest BCUT2D eigenvalue weighted by Gasteiger charge is -2.11. The molecule has 0 aliphatic carbocycles. The molecular weight excluding hydrogens is 256 g/mol. The van der Waals surface area contributed by atoms with E-state index in [0.29, 0.717) is 0 Å². The fourth-order valence-electron chi connectivity index (χ4n) is 1.86. The van der Waals surface area contributed by atoms with Crippen LogP contribution in [0, 0.1) is 6.92 Å². The first-order chi connectivity index (χ1) is 9.04. The van der Waals surface area contributed by atoms with Gasteiger partial charge in [-0.15, -0.1) is 11.3 Å². The number of nitrogens with zero attached hydrogens (tertiary/aromatic N) is 1. The predicted molar refractivity (Wildman–Crippen MR) is 80.8 cm³/mol. The summed E-state index contributed by atoms with van der Waals surface area (Å²) in [4.78, 5) is 16.0. The van der Waals surface area contributed by atoms with Gasteiger partial charge >= 0.3 is 0 Å². The third-order valence-corrected chi connectivity index (χ3v) is 3.65. The number of hydrogen-bond acceptors (Lipinski definition) is 3. The first-order valence-electron chi connectivity index (χ1n) is 6.16. The highest BCUT2D eigenvalue weighted by atomic mass is 32.1. The van der Waals surface area contributed by atoms with Crippen molar-refractivity contribution in [2.75, 3.05) is 19.4 Å². The maximum absolute atomic E-state index is 12.0. The first kappa shape index (κ1) is 13.8. The second kappa shape index (κ2) is 5.99. The van der Waals surface area contributed by atoms with Crippen LogP contribution >= 0.6 is 11.3 Å². The van der Waals surface area contributed by atoms with Crippen molar-refractivity contribution in [3.8, 4) is 0 Å². The molecule has 0 aliphatic rings. The Morgan fingerprint density at radius 2 is 2.05 bits per heavy atom. The van der Waals surface area contributed by atoms with Crippen molar-refractivity contribution in [3.63, 3.8) is 0 Å². The standard InChI is InChI=1S/C15H18N2OS/c1-11-7-8-14(19-11)15(18)16-13-6-4-5-12(9-13)10-17(2)3/h4-9H,10H2,1-3H3,(H,16,18). The van der Waals surface area contributed by atoms with Gasteiger partial charge in [0.05, 0.1) is 4.88 Å². The van der Waals surface area contributed by atoms with Crippen LogP contribution in [0.4, 0.5) is 5.69 Å². The molecule has 0 radical (unpaired) electrons. The minimum atomic E-state index is -0.0416. The van der Waals surface area contributed by atoms with Crippen LogP contribution in [0.2, 0.25) is 0 Å². The second-order valence-corrected chi connectivity index (χ2v) is 6.09. The summed E-state index contributed by atoms with van der Waals surface area (Å²) in [6.07, 6.45) is 0. The number of amides is 1. The number of benzene rings is 1. The molecule has 2 aromatic rings. The highest BCUT2D eigenvalue weighted by Crippen LogP contribution is 2.18. The van der Waals surface area contributed by atoms with E-state index in [1.165, 1.54) is 16.9 Å². The molecule has 1 aromatic heterocycles. The maximum Gasteiger partial charge on any atom is 0.265 e. The Morgan fingerprint density at radius 1 is 1.26 bits per heavy atom. The molecule has 4 heteroatoms. The highest BCUT2D eigenvalue weighted by molar-refractivity contribution is 7.14. The molecule has 1 amide bonds. The van der Waals surface area contributed by atoms with Crippen LogP contribution in [0.1, 0.15) is 20.1 Å². The predicted octanol–water partition coefficient (Wildman–Crippen LogP) is 3.37. The van der Waals surface area contributed by atoms with Crippen LogP contribution < -0.4 is 5.32 Å². The molecule has 0 bridgehead atoms. The van der Waals surface area contributed by atoms with E-state index < -0.39 is 0 Å². The normalized spacial score (nSPS) is 10.7. The molecule has 0 fully saturated rings. The molecule has 1 heterocycles. The van der Waals surface area contributed by atoms with Crippen molar-refractivity contribution >= 4 is 22.9 Å². The molecule has 1 aromatic carbocycles. The van der Waals surface area contributed by atoms with Crippen LogP contribution in [0.5, 0.6) is 0 Å². The number of thiophene rings is 1. The van der Waals surface area contributed by atoms with Gasteiger partial charge in [0.25, 0.3) is 5.91 Å². The van der Waals surface area contributed by atoms with Gasteiger partial charge < -0.3 is 10.2 Å². The van der Waals surface area contributed by atoms with Gasteiger partial charge in [0.15, 0.2) is 0 Å². The number of carbonyl (C=O) groups is 1. The van der Waals surface area contributed by atoms with Crippen LogP contribution in [0.15, 0.2) is 36.4 Å². The summed E-state index contributed by atoms with van der Waals surface area (Å²) in [7, 11) is 4.05. The molecular formula is C15H18N2OS. The van der Waals surface area contributed by atoms with E-state index in [-0.39, 0.29) is 5.91 Å². The van der Waals surface area contributed by atoms with Crippen LogP contribution in [-0.4, -0.2) is 24.9 Å². The zero-order valence-corrected chi connectivity index (χ0v) is 12.3. The van der Waals surface area contributed by atoms with Gasteiger partial charge in [-0.3, -0.25) is 4.79 Å². The summed E-state index contributed by atoms with van der Waals surface area (Å²) in [5, 5.41) is 2.94. The number of anilines is 1. The van der Waals surface area contributed by atoms with Crippen LogP contribution in [-0.2, 0) is 6.54 Å². The summed E-state index contributed by atoms with van der Waals surface area (Å²) >= 11 is 1.51. The molecule has 19 heavy (non-hydrogen) atoms. The number of aryl methyl sites for hydroxylation is 1. The van der Waals surface area contributed by atoms with E-state index in [0.717, 1.165) is 22.0 Å². The van der Waals surface area contributed by atoms with Gasteiger partial charge in [-0.25, -0.2) is 0 Å². The Bertz CT molecular complexity index is 575. The molecule has 0 saturated heterocycles. The molecule has 2 rings (SSSR count). The summed E-state index contributed by atoms with van der Waals surface area (Å²) in [6.45, 7) is 2.86. The van der Waals surface area contributed by atoms with E-state index in [4.69, 9.17) is 0 Å². The van der Waals surface area contributed by atoms with Gasteiger partial charge in [-0.2, -0.15) is 0 Å². The van der Waals surface area contributed by atoms with Crippen molar-refractivity contribution in [2.24, 2.45) is 0 Å². The average Bonchev–Trinajstić information content (AvgIpc) is 2.75. The Hall–Kier alpha value is -1.65. The Labute approximate surface area is 117 Å². The SMILES string of the molecule is Cc1ccc(C(=O)Nc2cccc(CN(C)C)c2)s1. The van der Waals surface area contributed by atoms with Gasteiger partial charge in [-0.05, 0) is 50.8 Å². The zero-order valence-electron chi connectivity index (χ0n) is 11.4. The van der Waals surface area contributed by atoms with Crippen molar-refractivity contribution in [1.29, 1.82) is 0 Å². The van der Waals surface area contributed by atoms with Gasteiger partial charge in [0.1, 0.15) is 0 Å². The monoisotopic (exact) mass is 274 g/mol. The van der Waals surface area contributed by atoms with Gasteiger partial charge in [-0.1, -0.05) is 12.1 Å². The lowest BCUT2D eigenvalue weighted by molar-refractivity contribution is 0.103. The van der Waals surface area contributed by atoms with E-state index in [9.17, 15) is 4.79 Å². The lowest BCUT2D eigenvalue weighted by Crippen LogP contribution is -2.12. The highest BCUT2D eigenvalue weighted by Gasteiger charge is 2.08. The lowest BCUT2D eigenvalue weighted by atomic mass is 10.2. The topological polar surface area (TPSA) is 32.3 Å².